The van der Waals surface area contributed by atoms with Gasteiger partial charge in [-0.1, -0.05) is 109 Å². The highest BCUT2D eigenvalue weighted by molar-refractivity contribution is 6.05. The van der Waals surface area contributed by atoms with Crippen molar-refractivity contribution in [1.82, 2.24) is 15.2 Å². The lowest BCUT2D eigenvalue weighted by atomic mass is 9.88. The molecule has 1 spiro atoms. The molecule has 3 amide bonds. The molecule has 1 aliphatic carbocycles. The number of alkyl carbamates (subject to hydrolysis) is 1. The van der Waals surface area contributed by atoms with Crippen LogP contribution < -0.4 is 15.8 Å². The van der Waals surface area contributed by atoms with Crippen molar-refractivity contribution in [2.45, 2.75) is 62.7 Å². The van der Waals surface area contributed by atoms with Crippen molar-refractivity contribution < 1.29 is 37.8 Å². The number of ether oxygens (including phenoxy) is 3. The zero-order chi connectivity index (χ0) is 41.1. The summed E-state index contributed by atoms with van der Waals surface area (Å²) in [6.07, 6.45) is -2.39. The molecule has 6 aromatic rings. The summed E-state index contributed by atoms with van der Waals surface area (Å²) in [4.78, 5) is 67.6. The molecular formula is C47H39N5O8. The van der Waals surface area contributed by atoms with E-state index in [0.29, 0.717) is 22.2 Å². The van der Waals surface area contributed by atoms with Crippen LogP contribution in [0.3, 0.4) is 0 Å². The molecule has 300 valence electrons. The molecule has 2 fully saturated rings. The van der Waals surface area contributed by atoms with Gasteiger partial charge >= 0.3 is 18.2 Å². The number of nitrogens with one attached hydrogen (secondary N) is 1. The second-order valence-electron chi connectivity index (χ2n) is 15.4. The van der Waals surface area contributed by atoms with Crippen molar-refractivity contribution in [1.29, 1.82) is 0 Å². The molecule has 2 saturated heterocycles. The fourth-order valence-electron chi connectivity index (χ4n) is 9.12. The number of amides is 3. The topological polar surface area (TPSA) is 153 Å². The number of fused-ring (bicyclic) bond motifs is 9. The Morgan fingerprint density at radius 3 is 2.30 bits per heavy atom. The average molecular weight is 802 g/mol. The summed E-state index contributed by atoms with van der Waals surface area (Å²) in [6.45, 7) is 3.49. The van der Waals surface area contributed by atoms with Crippen molar-refractivity contribution in [3.63, 3.8) is 0 Å². The van der Waals surface area contributed by atoms with E-state index in [0.717, 1.165) is 27.8 Å². The first kappa shape index (κ1) is 37.0. The molecular weight excluding hydrogens is 763 g/mol. The molecule has 10 rings (SSSR count). The van der Waals surface area contributed by atoms with E-state index in [9.17, 15) is 19.2 Å². The molecule has 4 heterocycles. The lowest BCUT2D eigenvalue weighted by Gasteiger charge is -2.35. The van der Waals surface area contributed by atoms with Crippen LogP contribution in [0, 0.1) is 0 Å². The van der Waals surface area contributed by atoms with Crippen molar-refractivity contribution in [3.05, 3.63) is 161 Å². The minimum absolute atomic E-state index is 0.00493. The minimum atomic E-state index is -1.46. The highest BCUT2D eigenvalue weighted by Gasteiger charge is 2.68. The third kappa shape index (κ3) is 5.99. The Labute approximate surface area is 344 Å². The van der Waals surface area contributed by atoms with Crippen molar-refractivity contribution in [3.8, 4) is 11.1 Å². The van der Waals surface area contributed by atoms with Gasteiger partial charge in [0.05, 0.1) is 16.6 Å². The first-order chi connectivity index (χ1) is 29.2. The van der Waals surface area contributed by atoms with Gasteiger partial charge in [-0.15, -0.1) is 0 Å². The van der Waals surface area contributed by atoms with Crippen LogP contribution >= 0.6 is 0 Å². The molecule has 5 aromatic carbocycles. The minimum Gasteiger partial charge on any atom is -0.449 e. The second-order valence-corrected chi connectivity index (χ2v) is 15.4. The molecule has 60 heavy (non-hydrogen) atoms. The smallest absolute Gasteiger partial charge is 0.412 e. The number of esters is 1. The maximum atomic E-state index is 14.0. The van der Waals surface area contributed by atoms with E-state index in [1.54, 1.807) is 56.3 Å². The van der Waals surface area contributed by atoms with Gasteiger partial charge in [-0.3, -0.25) is 14.6 Å². The fraction of sp³-hybridized carbons (Fsp3) is 0.234. The van der Waals surface area contributed by atoms with Crippen LogP contribution in [0.2, 0.25) is 0 Å². The zero-order valence-corrected chi connectivity index (χ0v) is 32.7. The third-order valence-electron chi connectivity index (χ3n) is 11.9. The van der Waals surface area contributed by atoms with Crippen LogP contribution in [0.25, 0.3) is 22.0 Å². The van der Waals surface area contributed by atoms with Gasteiger partial charge in [-0.05, 0) is 59.9 Å². The van der Waals surface area contributed by atoms with E-state index in [4.69, 9.17) is 28.6 Å². The lowest BCUT2D eigenvalue weighted by Crippen LogP contribution is -2.53. The van der Waals surface area contributed by atoms with E-state index in [1.807, 2.05) is 60.7 Å². The Morgan fingerprint density at radius 1 is 0.867 bits per heavy atom. The van der Waals surface area contributed by atoms with Gasteiger partial charge in [-0.25, -0.2) is 24.4 Å². The lowest BCUT2D eigenvalue weighted by molar-refractivity contribution is -0.154. The van der Waals surface area contributed by atoms with E-state index in [-0.39, 0.29) is 42.9 Å². The standard InChI is InChI=1S/C47H39N5O8/c1-27(48-45(55)57-26-35-32-18-8-6-16-30(32)31-17-7-9-19-33(31)35)40-49-37-22-12-10-20-34(37)41(59-40)50-38-24-47(60-43(38)54)36-21-11-13-23-39(36)52-42(53)28(2)51(44(47)52)46(56)58-25-29-14-4-3-5-15-29/h3-23,27-28,35,38,44H,24-26H2,1-2H3,(H,48,55)/t27-,28+,38-,44+,47-/m1/s1. The molecule has 1 N–H and O–H groups in total. The van der Waals surface area contributed by atoms with Crippen molar-refractivity contribution in [2.24, 2.45) is 4.99 Å². The number of rotatable bonds is 7. The molecule has 0 saturated carbocycles. The molecule has 13 nitrogen and oxygen atoms in total. The first-order valence-corrected chi connectivity index (χ1v) is 19.9. The van der Waals surface area contributed by atoms with Gasteiger partial charge in [0, 0.05) is 17.9 Å². The van der Waals surface area contributed by atoms with Crippen LogP contribution in [0.15, 0.2) is 137 Å². The largest absolute Gasteiger partial charge is 0.449 e. The third-order valence-corrected chi connectivity index (χ3v) is 11.9. The van der Waals surface area contributed by atoms with E-state index >= 15 is 0 Å². The molecule has 0 bridgehead atoms. The summed E-state index contributed by atoms with van der Waals surface area (Å²) in [5, 5.41) is 3.38. The number of anilines is 1. The number of hydrogen-bond acceptors (Lipinski definition) is 10. The van der Waals surface area contributed by atoms with Crippen LogP contribution in [0.4, 0.5) is 15.3 Å². The maximum Gasteiger partial charge on any atom is 0.412 e. The monoisotopic (exact) mass is 801 g/mol. The summed E-state index contributed by atoms with van der Waals surface area (Å²) in [5.74, 6) is -0.950. The highest BCUT2D eigenvalue weighted by Crippen LogP contribution is 2.56. The Morgan fingerprint density at radius 2 is 1.53 bits per heavy atom. The molecule has 3 aliphatic heterocycles. The van der Waals surface area contributed by atoms with Crippen LogP contribution in [0.5, 0.6) is 0 Å². The predicted octanol–water partition coefficient (Wildman–Crippen LogP) is 7.25. The van der Waals surface area contributed by atoms with Gasteiger partial charge in [0.25, 0.3) is 5.91 Å². The summed E-state index contributed by atoms with van der Waals surface area (Å²) in [7, 11) is 0. The van der Waals surface area contributed by atoms with Gasteiger partial charge in [0.2, 0.25) is 11.4 Å². The number of benzene rings is 5. The summed E-state index contributed by atoms with van der Waals surface area (Å²) in [5.41, 5.74) is 5.54. The highest BCUT2D eigenvalue weighted by atomic mass is 16.6. The first-order valence-electron chi connectivity index (χ1n) is 19.9. The van der Waals surface area contributed by atoms with Gasteiger partial charge in [0.1, 0.15) is 25.3 Å². The fourth-order valence-corrected chi connectivity index (χ4v) is 9.12. The molecule has 4 aliphatic rings. The van der Waals surface area contributed by atoms with Gasteiger partial charge < -0.3 is 23.9 Å². The number of hydrogen-bond donors (Lipinski definition) is 1. The number of para-hydroxylation sites is 2. The number of carbonyl (C=O) groups is 4. The molecule has 5 atom stereocenters. The summed E-state index contributed by atoms with van der Waals surface area (Å²) >= 11 is 0. The Hall–Kier alpha value is -7.28. The van der Waals surface area contributed by atoms with E-state index in [1.165, 1.54) is 9.80 Å². The maximum absolute atomic E-state index is 14.0. The Bertz CT molecular complexity index is 2740. The number of carbonyl (C=O) groups excluding carboxylic acids is 4. The number of nitrogens with zero attached hydrogens (tertiary/aromatic N) is 4. The predicted molar refractivity (Wildman–Crippen MR) is 218 cm³/mol. The number of aromatic nitrogens is 1. The second kappa shape index (κ2) is 14.5. The van der Waals surface area contributed by atoms with Crippen molar-refractivity contribution >= 4 is 40.7 Å². The molecule has 0 unspecified atom stereocenters. The normalized spacial score (nSPS) is 22.0. The summed E-state index contributed by atoms with van der Waals surface area (Å²) < 4.78 is 24.2. The Balaban J connectivity index is 0.929. The SMILES string of the molecule is C[C@@H](NC(=O)OCC1c2ccccc2-c2ccccc21)c1nc2ccccc2c(=N[C@@H]2C[C@@]3(OC2=O)c2ccccc2N2C(=O)[C@H](C)N(C(=O)OCc4ccccc4)[C@@H]23)o1. The van der Waals surface area contributed by atoms with E-state index in [2.05, 4.69) is 29.6 Å². The van der Waals surface area contributed by atoms with Crippen molar-refractivity contribution in [2.75, 3.05) is 11.5 Å². The molecule has 0 radical (unpaired) electrons. The molecule has 13 heteroatoms. The van der Waals surface area contributed by atoms with E-state index < -0.39 is 48.0 Å². The molecule has 1 aromatic heterocycles. The van der Waals surface area contributed by atoms with Crippen LogP contribution in [-0.2, 0) is 36.0 Å². The summed E-state index contributed by atoms with van der Waals surface area (Å²) in [6, 6.07) is 37.1. The van der Waals surface area contributed by atoms with Gasteiger partial charge in [0.15, 0.2) is 17.8 Å². The Kier molecular flexibility index (Phi) is 8.96. The van der Waals surface area contributed by atoms with Crippen LogP contribution in [0.1, 0.15) is 60.4 Å². The average Bonchev–Trinajstić information content (AvgIpc) is 3.95. The van der Waals surface area contributed by atoms with Crippen LogP contribution in [-0.4, -0.2) is 58.8 Å². The quantitative estimate of drug-likeness (QED) is 0.130. The zero-order valence-electron chi connectivity index (χ0n) is 32.7. The van der Waals surface area contributed by atoms with Gasteiger partial charge in [-0.2, -0.15) is 0 Å².